The Morgan fingerprint density at radius 3 is 3.11 bits per heavy atom. The number of carbonyl (C=O) groups excluding carboxylic acids is 1. The summed E-state index contributed by atoms with van der Waals surface area (Å²) in [5.74, 6) is 0.476. The molecule has 0 aliphatic carbocycles. The summed E-state index contributed by atoms with van der Waals surface area (Å²) in [6.07, 6.45) is 0. The summed E-state index contributed by atoms with van der Waals surface area (Å²) < 4.78 is 10.6. The number of ether oxygens (including phenoxy) is 2. The van der Waals surface area contributed by atoms with Gasteiger partial charge in [0.1, 0.15) is 5.75 Å². The predicted octanol–water partition coefficient (Wildman–Crippen LogP) is 0.722. The molecule has 1 fully saturated rings. The highest BCUT2D eigenvalue weighted by Gasteiger charge is 2.16. The van der Waals surface area contributed by atoms with Crippen LogP contribution in [0.1, 0.15) is 15.9 Å². The predicted molar refractivity (Wildman–Crippen MR) is 72.7 cm³/mol. The van der Waals surface area contributed by atoms with E-state index in [9.17, 15) is 4.79 Å². The lowest BCUT2D eigenvalue weighted by Gasteiger charge is -2.24. The number of amides is 1. The average molecular weight is 264 g/mol. The molecule has 2 rings (SSSR count). The van der Waals surface area contributed by atoms with Crippen molar-refractivity contribution >= 4 is 5.91 Å². The second kappa shape index (κ2) is 6.54. The van der Waals surface area contributed by atoms with Crippen LogP contribution in [0.2, 0.25) is 0 Å². The number of nitrogens with one attached hydrogen (secondary N) is 2. The van der Waals surface area contributed by atoms with Crippen molar-refractivity contribution < 1.29 is 14.3 Å². The Balaban J connectivity index is 1.97. The highest BCUT2D eigenvalue weighted by atomic mass is 16.5. The summed E-state index contributed by atoms with van der Waals surface area (Å²) in [5, 5.41) is 6.20. The van der Waals surface area contributed by atoms with Gasteiger partial charge in [0.2, 0.25) is 0 Å². The molecule has 0 bridgehead atoms. The first-order chi connectivity index (χ1) is 9.20. The fourth-order valence-electron chi connectivity index (χ4n) is 2.06. The monoisotopic (exact) mass is 264 g/mol. The number of carbonyl (C=O) groups is 1. The molecule has 1 aromatic rings. The smallest absolute Gasteiger partial charge is 0.255 e. The SMILES string of the molecule is COc1ccc(C)cc1C(=O)NCC1COCCN1. The maximum absolute atomic E-state index is 12.2. The molecule has 0 radical (unpaired) electrons. The summed E-state index contributed by atoms with van der Waals surface area (Å²) >= 11 is 0. The van der Waals surface area contributed by atoms with Crippen LogP contribution in [0.3, 0.4) is 0 Å². The van der Waals surface area contributed by atoms with E-state index in [4.69, 9.17) is 9.47 Å². The van der Waals surface area contributed by atoms with Gasteiger partial charge in [-0.1, -0.05) is 11.6 Å². The average Bonchev–Trinajstić information content (AvgIpc) is 2.46. The lowest BCUT2D eigenvalue weighted by Crippen LogP contribution is -2.48. The van der Waals surface area contributed by atoms with E-state index in [2.05, 4.69) is 10.6 Å². The van der Waals surface area contributed by atoms with Gasteiger partial charge in [-0.15, -0.1) is 0 Å². The van der Waals surface area contributed by atoms with Crippen molar-refractivity contribution in [3.63, 3.8) is 0 Å². The molecule has 1 saturated heterocycles. The van der Waals surface area contributed by atoms with Crippen LogP contribution in [0, 0.1) is 6.92 Å². The fourth-order valence-corrected chi connectivity index (χ4v) is 2.06. The standard InChI is InChI=1S/C14H20N2O3/c1-10-3-4-13(18-2)12(7-10)14(17)16-8-11-9-19-6-5-15-11/h3-4,7,11,15H,5-6,8-9H2,1-2H3,(H,16,17). The van der Waals surface area contributed by atoms with E-state index < -0.39 is 0 Å². The van der Waals surface area contributed by atoms with Crippen molar-refractivity contribution in [2.45, 2.75) is 13.0 Å². The van der Waals surface area contributed by atoms with Crippen molar-refractivity contribution in [2.24, 2.45) is 0 Å². The number of hydrogen-bond donors (Lipinski definition) is 2. The number of aryl methyl sites for hydroxylation is 1. The summed E-state index contributed by atoms with van der Waals surface area (Å²) in [7, 11) is 1.57. The van der Waals surface area contributed by atoms with Gasteiger partial charge in [-0.05, 0) is 19.1 Å². The van der Waals surface area contributed by atoms with Crippen LogP contribution in [0.4, 0.5) is 0 Å². The highest BCUT2D eigenvalue weighted by molar-refractivity contribution is 5.97. The summed E-state index contributed by atoms with van der Waals surface area (Å²) in [4.78, 5) is 12.2. The van der Waals surface area contributed by atoms with Gasteiger partial charge in [0.05, 0.1) is 25.9 Å². The molecule has 0 saturated carbocycles. The summed E-state index contributed by atoms with van der Waals surface area (Å²) in [5.41, 5.74) is 1.60. The molecular weight excluding hydrogens is 244 g/mol. The normalized spacial score (nSPS) is 18.9. The van der Waals surface area contributed by atoms with Crippen molar-refractivity contribution in [1.29, 1.82) is 0 Å². The first-order valence-electron chi connectivity index (χ1n) is 6.44. The molecule has 1 unspecified atom stereocenters. The lowest BCUT2D eigenvalue weighted by atomic mass is 10.1. The molecule has 2 N–H and O–H groups in total. The zero-order valence-electron chi connectivity index (χ0n) is 11.4. The molecule has 5 nitrogen and oxygen atoms in total. The minimum absolute atomic E-state index is 0.118. The van der Waals surface area contributed by atoms with Crippen LogP contribution in [0.5, 0.6) is 5.75 Å². The van der Waals surface area contributed by atoms with E-state index in [0.29, 0.717) is 24.5 Å². The largest absolute Gasteiger partial charge is 0.496 e. The zero-order chi connectivity index (χ0) is 13.7. The van der Waals surface area contributed by atoms with Crippen LogP contribution in [0.15, 0.2) is 18.2 Å². The zero-order valence-corrected chi connectivity index (χ0v) is 11.4. The van der Waals surface area contributed by atoms with Gasteiger partial charge in [0, 0.05) is 19.1 Å². The van der Waals surface area contributed by atoms with E-state index >= 15 is 0 Å². The second-order valence-corrected chi connectivity index (χ2v) is 4.64. The molecule has 1 aliphatic heterocycles. The molecule has 1 amide bonds. The lowest BCUT2D eigenvalue weighted by molar-refractivity contribution is 0.0734. The third-order valence-electron chi connectivity index (χ3n) is 3.11. The third kappa shape index (κ3) is 3.68. The molecule has 0 aromatic heterocycles. The van der Waals surface area contributed by atoms with E-state index in [0.717, 1.165) is 18.7 Å². The van der Waals surface area contributed by atoms with E-state index in [-0.39, 0.29) is 11.9 Å². The van der Waals surface area contributed by atoms with Gasteiger partial charge < -0.3 is 20.1 Å². The van der Waals surface area contributed by atoms with Crippen molar-refractivity contribution in [2.75, 3.05) is 33.4 Å². The number of benzene rings is 1. The molecule has 1 heterocycles. The quantitative estimate of drug-likeness (QED) is 0.841. The minimum atomic E-state index is -0.118. The van der Waals surface area contributed by atoms with Crippen LogP contribution in [-0.2, 0) is 4.74 Å². The first kappa shape index (κ1) is 13.8. The topological polar surface area (TPSA) is 59.6 Å². The Morgan fingerprint density at radius 1 is 1.58 bits per heavy atom. The summed E-state index contributed by atoms with van der Waals surface area (Å²) in [6, 6.07) is 5.74. The maximum atomic E-state index is 12.2. The molecule has 104 valence electrons. The van der Waals surface area contributed by atoms with Gasteiger partial charge in [0.15, 0.2) is 0 Å². The van der Waals surface area contributed by atoms with Gasteiger partial charge in [-0.3, -0.25) is 4.79 Å². The Kier molecular flexibility index (Phi) is 4.76. The maximum Gasteiger partial charge on any atom is 0.255 e. The molecule has 1 aliphatic rings. The van der Waals surface area contributed by atoms with Gasteiger partial charge in [0.25, 0.3) is 5.91 Å². The van der Waals surface area contributed by atoms with E-state index in [1.165, 1.54) is 0 Å². The highest BCUT2D eigenvalue weighted by Crippen LogP contribution is 2.19. The molecule has 5 heteroatoms. The second-order valence-electron chi connectivity index (χ2n) is 4.64. The van der Waals surface area contributed by atoms with Crippen LogP contribution >= 0.6 is 0 Å². The fraction of sp³-hybridized carbons (Fsp3) is 0.500. The van der Waals surface area contributed by atoms with Crippen LogP contribution in [-0.4, -0.2) is 45.4 Å². The number of hydrogen-bond acceptors (Lipinski definition) is 4. The molecule has 1 aromatic carbocycles. The number of rotatable bonds is 4. The van der Waals surface area contributed by atoms with Crippen molar-refractivity contribution in [1.82, 2.24) is 10.6 Å². The Labute approximate surface area is 113 Å². The van der Waals surface area contributed by atoms with Crippen LogP contribution in [0.25, 0.3) is 0 Å². The Hall–Kier alpha value is -1.59. The van der Waals surface area contributed by atoms with Crippen molar-refractivity contribution in [3.05, 3.63) is 29.3 Å². The minimum Gasteiger partial charge on any atom is -0.496 e. The van der Waals surface area contributed by atoms with Crippen LogP contribution < -0.4 is 15.4 Å². The molecular formula is C14H20N2O3. The Bertz CT molecular complexity index is 442. The molecule has 19 heavy (non-hydrogen) atoms. The van der Waals surface area contributed by atoms with Gasteiger partial charge in [-0.2, -0.15) is 0 Å². The Morgan fingerprint density at radius 2 is 2.42 bits per heavy atom. The van der Waals surface area contributed by atoms with Crippen molar-refractivity contribution in [3.8, 4) is 5.75 Å². The molecule has 0 spiro atoms. The van der Waals surface area contributed by atoms with Gasteiger partial charge >= 0.3 is 0 Å². The van der Waals surface area contributed by atoms with Gasteiger partial charge in [-0.25, -0.2) is 0 Å². The number of morpholine rings is 1. The van der Waals surface area contributed by atoms with E-state index in [1.807, 2.05) is 25.1 Å². The first-order valence-corrected chi connectivity index (χ1v) is 6.44. The molecule has 1 atom stereocenters. The van der Waals surface area contributed by atoms with E-state index in [1.54, 1.807) is 7.11 Å². The number of methoxy groups -OCH3 is 1. The third-order valence-corrected chi connectivity index (χ3v) is 3.11. The summed E-state index contributed by atoms with van der Waals surface area (Å²) in [6.45, 7) is 4.69.